The standard InChI is InChI=1S/C12H14N4O2/c1-15-9-11(8-14-15)13-7-6-10-4-2-3-5-12(10)16(17)18/h2-5,8-9,13H,6-7H2,1H3. The number of nitrogens with zero attached hydrogens (tertiary/aromatic N) is 3. The summed E-state index contributed by atoms with van der Waals surface area (Å²) < 4.78 is 1.70. The van der Waals surface area contributed by atoms with Gasteiger partial charge in [0.2, 0.25) is 0 Å². The highest BCUT2D eigenvalue weighted by Gasteiger charge is 2.11. The van der Waals surface area contributed by atoms with Crippen LogP contribution in [0.15, 0.2) is 36.7 Å². The molecule has 0 bridgehead atoms. The van der Waals surface area contributed by atoms with Crippen molar-refractivity contribution in [3.63, 3.8) is 0 Å². The summed E-state index contributed by atoms with van der Waals surface area (Å²) in [6, 6.07) is 6.80. The molecule has 1 heterocycles. The van der Waals surface area contributed by atoms with Gasteiger partial charge in [0.15, 0.2) is 0 Å². The van der Waals surface area contributed by atoms with Crippen molar-refractivity contribution in [2.75, 3.05) is 11.9 Å². The molecule has 1 aromatic heterocycles. The lowest BCUT2D eigenvalue weighted by molar-refractivity contribution is -0.385. The van der Waals surface area contributed by atoms with E-state index >= 15 is 0 Å². The summed E-state index contributed by atoms with van der Waals surface area (Å²) >= 11 is 0. The number of anilines is 1. The number of nitro benzene ring substituents is 1. The maximum Gasteiger partial charge on any atom is 0.272 e. The molecule has 6 heteroatoms. The molecule has 0 saturated heterocycles. The van der Waals surface area contributed by atoms with Gasteiger partial charge in [-0.05, 0) is 6.42 Å². The highest BCUT2D eigenvalue weighted by molar-refractivity contribution is 5.42. The average molecular weight is 246 g/mol. The summed E-state index contributed by atoms with van der Waals surface area (Å²) in [5, 5.41) is 18.0. The summed E-state index contributed by atoms with van der Waals surface area (Å²) in [4.78, 5) is 10.5. The summed E-state index contributed by atoms with van der Waals surface area (Å²) in [6.07, 6.45) is 4.19. The third-order valence-electron chi connectivity index (χ3n) is 2.62. The lowest BCUT2D eigenvalue weighted by Gasteiger charge is -2.04. The molecule has 0 unspecified atom stereocenters. The Bertz CT molecular complexity index is 551. The predicted molar refractivity (Wildman–Crippen MR) is 68.5 cm³/mol. The van der Waals surface area contributed by atoms with Crippen molar-refractivity contribution in [2.24, 2.45) is 7.05 Å². The van der Waals surface area contributed by atoms with Gasteiger partial charge < -0.3 is 5.32 Å². The normalized spacial score (nSPS) is 10.3. The van der Waals surface area contributed by atoms with Crippen molar-refractivity contribution in [1.82, 2.24) is 9.78 Å². The zero-order valence-electron chi connectivity index (χ0n) is 10.0. The Kier molecular flexibility index (Phi) is 3.57. The molecule has 0 atom stereocenters. The van der Waals surface area contributed by atoms with Crippen LogP contribution >= 0.6 is 0 Å². The van der Waals surface area contributed by atoms with Gasteiger partial charge in [-0.25, -0.2) is 0 Å². The Morgan fingerprint density at radius 1 is 1.44 bits per heavy atom. The molecule has 0 aliphatic rings. The SMILES string of the molecule is Cn1cc(NCCc2ccccc2[N+](=O)[O-])cn1. The highest BCUT2D eigenvalue weighted by atomic mass is 16.6. The Hall–Kier alpha value is -2.37. The number of aromatic nitrogens is 2. The number of para-hydroxylation sites is 1. The van der Waals surface area contributed by atoms with E-state index in [0.29, 0.717) is 13.0 Å². The second kappa shape index (κ2) is 5.31. The third kappa shape index (κ3) is 2.85. The van der Waals surface area contributed by atoms with E-state index in [1.54, 1.807) is 23.0 Å². The quantitative estimate of drug-likeness (QED) is 0.646. The zero-order chi connectivity index (χ0) is 13.0. The van der Waals surface area contributed by atoms with Crippen molar-refractivity contribution in [3.05, 3.63) is 52.3 Å². The first-order chi connectivity index (χ1) is 8.66. The second-order valence-electron chi connectivity index (χ2n) is 3.97. The van der Waals surface area contributed by atoms with Crippen molar-refractivity contribution >= 4 is 11.4 Å². The number of hydrogen-bond donors (Lipinski definition) is 1. The summed E-state index contributed by atoms with van der Waals surface area (Å²) in [7, 11) is 1.84. The fourth-order valence-corrected chi connectivity index (χ4v) is 1.75. The average Bonchev–Trinajstić information content (AvgIpc) is 2.75. The molecule has 0 aliphatic heterocycles. The fourth-order valence-electron chi connectivity index (χ4n) is 1.75. The number of hydrogen-bond acceptors (Lipinski definition) is 4. The minimum absolute atomic E-state index is 0.172. The first-order valence-corrected chi connectivity index (χ1v) is 5.61. The Labute approximate surface area is 104 Å². The fraction of sp³-hybridized carbons (Fsp3) is 0.250. The molecular weight excluding hydrogens is 232 g/mol. The minimum atomic E-state index is -0.348. The molecule has 2 aromatic rings. The van der Waals surface area contributed by atoms with E-state index in [2.05, 4.69) is 10.4 Å². The minimum Gasteiger partial charge on any atom is -0.382 e. The van der Waals surface area contributed by atoms with Crippen LogP contribution in [0.2, 0.25) is 0 Å². The topological polar surface area (TPSA) is 73.0 Å². The van der Waals surface area contributed by atoms with E-state index in [9.17, 15) is 10.1 Å². The Morgan fingerprint density at radius 2 is 2.22 bits per heavy atom. The van der Waals surface area contributed by atoms with Crippen LogP contribution in [0.3, 0.4) is 0 Å². The van der Waals surface area contributed by atoms with E-state index in [0.717, 1.165) is 11.3 Å². The molecule has 94 valence electrons. The maximum atomic E-state index is 10.8. The van der Waals surface area contributed by atoms with Crippen LogP contribution in [0.1, 0.15) is 5.56 Å². The molecule has 6 nitrogen and oxygen atoms in total. The van der Waals surface area contributed by atoms with Gasteiger partial charge in [0, 0.05) is 31.4 Å². The molecule has 18 heavy (non-hydrogen) atoms. The van der Waals surface area contributed by atoms with Crippen molar-refractivity contribution in [2.45, 2.75) is 6.42 Å². The number of nitro groups is 1. The lowest BCUT2D eigenvalue weighted by Crippen LogP contribution is -2.06. The van der Waals surface area contributed by atoms with Crippen molar-refractivity contribution in [1.29, 1.82) is 0 Å². The molecule has 1 aromatic carbocycles. The van der Waals surface area contributed by atoms with Gasteiger partial charge in [-0.15, -0.1) is 0 Å². The van der Waals surface area contributed by atoms with Gasteiger partial charge in [-0.1, -0.05) is 18.2 Å². The Balaban J connectivity index is 1.96. The molecule has 0 spiro atoms. The molecule has 0 amide bonds. The number of nitrogens with one attached hydrogen (secondary N) is 1. The third-order valence-corrected chi connectivity index (χ3v) is 2.62. The summed E-state index contributed by atoms with van der Waals surface area (Å²) in [6.45, 7) is 0.635. The van der Waals surface area contributed by atoms with E-state index in [4.69, 9.17) is 0 Å². The molecular formula is C12H14N4O2. The van der Waals surface area contributed by atoms with Gasteiger partial charge >= 0.3 is 0 Å². The van der Waals surface area contributed by atoms with E-state index in [-0.39, 0.29) is 10.6 Å². The van der Waals surface area contributed by atoms with Crippen LogP contribution in [0, 0.1) is 10.1 Å². The first-order valence-electron chi connectivity index (χ1n) is 5.61. The first kappa shape index (κ1) is 12.1. The molecule has 0 aliphatic carbocycles. The number of rotatable bonds is 5. The molecule has 0 radical (unpaired) electrons. The smallest absolute Gasteiger partial charge is 0.272 e. The summed E-state index contributed by atoms with van der Waals surface area (Å²) in [5.41, 5.74) is 1.82. The van der Waals surface area contributed by atoms with Crippen molar-refractivity contribution in [3.8, 4) is 0 Å². The van der Waals surface area contributed by atoms with Gasteiger partial charge in [0.1, 0.15) is 0 Å². The van der Waals surface area contributed by atoms with Crippen LogP contribution in [0.25, 0.3) is 0 Å². The monoisotopic (exact) mass is 246 g/mol. The van der Waals surface area contributed by atoms with E-state index in [1.807, 2.05) is 19.3 Å². The van der Waals surface area contributed by atoms with Crippen LogP contribution in [0.5, 0.6) is 0 Å². The van der Waals surface area contributed by atoms with Crippen LogP contribution in [-0.4, -0.2) is 21.2 Å². The largest absolute Gasteiger partial charge is 0.382 e. The lowest BCUT2D eigenvalue weighted by atomic mass is 10.1. The number of benzene rings is 1. The van der Waals surface area contributed by atoms with E-state index in [1.165, 1.54) is 6.07 Å². The van der Waals surface area contributed by atoms with Crippen molar-refractivity contribution < 1.29 is 4.92 Å². The van der Waals surface area contributed by atoms with Gasteiger partial charge in [-0.2, -0.15) is 5.10 Å². The predicted octanol–water partition coefficient (Wildman–Crippen LogP) is 1.98. The molecule has 1 N–H and O–H groups in total. The van der Waals surface area contributed by atoms with E-state index < -0.39 is 0 Å². The summed E-state index contributed by atoms with van der Waals surface area (Å²) in [5.74, 6) is 0. The maximum absolute atomic E-state index is 10.8. The van der Waals surface area contributed by atoms with Gasteiger partial charge in [0.25, 0.3) is 5.69 Å². The molecule has 0 fully saturated rings. The van der Waals surface area contributed by atoms with Crippen LogP contribution < -0.4 is 5.32 Å². The molecule has 2 rings (SSSR count). The highest BCUT2D eigenvalue weighted by Crippen LogP contribution is 2.18. The molecule has 0 saturated carbocycles. The number of aryl methyl sites for hydroxylation is 1. The van der Waals surface area contributed by atoms with Crippen LogP contribution in [-0.2, 0) is 13.5 Å². The van der Waals surface area contributed by atoms with Crippen LogP contribution in [0.4, 0.5) is 11.4 Å². The zero-order valence-corrected chi connectivity index (χ0v) is 10.0. The van der Waals surface area contributed by atoms with Gasteiger partial charge in [-0.3, -0.25) is 14.8 Å². The second-order valence-corrected chi connectivity index (χ2v) is 3.97. The Morgan fingerprint density at radius 3 is 2.89 bits per heavy atom. The van der Waals surface area contributed by atoms with Gasteiger partial charge in [0.05, 0.1) is 16.8 Å².